The van der Waals surface area contributed by atoms with Gasteiger partial charge in [0.25, 0.3) is 6.01 Å². The number of benzene rings is 2. The van der Waals surface area contributed by atoms with Crippen LogP contribution in [0.4, 0.5) is 16.6 Å². The van der Waals surface area contributed by atoms with Crippen LogP contribution in [0.1, 0.15) is 37.5 Å². The second-order valence-corrected chi connectivity index (χ2v) is 11.3. The Morgan fingerprint density at radius 3 is 2.73 bits per heavy atom. The van der Waals surface area contributed by atoms with E-state index in [4.69, 9.17) is 20.0 Å². The fourth-order valence-electron chi connectivity index (χ4n) is 5.10. The highest BCUT2D eigenvalue weighted by Gasteiger charge is 2.26. The Labute approximate surface area is 231 Å². The number of oxazole rings is 1. The zero-order valence-electron chi connectivity index (χ0n) is 23.3. The Balaban J connectivity index is 1.34. The predicted octanol–water partition coefficient (Wildman–Crippen LogP) is 4.62. The first-order valence-electron chi connectivity index (χ1n) is 13.2. The number of anilines is 2. The SMILES string of the molecule is CN(C)c1ncnc2c1c(-c1ccc3oc(N)nc3c1)nn2Cc1ccc2c(c1)CCN(C(=O)OC(C)(C)C)C2. The highest BCUT2D eigenvalue weighted by molar-refractivity contribution is 6.00. The second kappa shape index (κ2) is 9.51. The summed E-state index contributed by atoms with van der Waals surface area (Å²) in [5, 5.41) is 5.88. The van der Waals surface area contributed by atoms with Crippen LogP contribution in [0.15, 0.2) is 47.1 Å². The van der Waals surface area contributed by atoms with E-state index in [-0.39, 0.29) is 12.1 Å². The Morgan fingerprint density at radius 1 is 1.12 bits per heavy atom. The number of amides is 1. The molecule has 0 bridgehead atoms. The van der Waals surface area contributed by atoms with Gasteiger partial charge in [-0.3, -0.25) is 0 Å². The number of carbonyl (C=O) groups excluding carboxylic acids is 1. The summed E-state index contributed by atoms with van der Waals surface area (Å²) in [7, 11) is 3.91. The van der Waals surface area contributed by atoms with Crippen molar-refractivity contribution in [3.63, 3.8) is 0 Å². The number of nitrogens with two attached hydrogens (primary N) is 1. The average Bonchev–Trinajstić information content (AvgIpc) is 3.46. The van der Waals surface area contributed by atoms with Gasteiger partial charge < -0.3 is 24.7 Å². The molecule has 2 N–H and O–H groups in total. The maximum atomic E-state index is 12.6. The fourth-order valence-corrected chi connectivity index (χ4v) is 5.10. The molecule has 0 atom stereocenters. The van der Waals surface area contributed by atoms with E-state index in [1.165, 1.54) is 5.56 Å². The molecule has 0 saturated heterocycles. The molecule has 0 spiro atoms. The molecule has 2 aromatic carbocycles. The van der Waals surface area contributed by atoms with Crippen molar-refractivity contribution in [1.29, 1.82) is 0 Å². The van der Waals surface area contributed by atoms with Crippen LogP contribution in [0.5, 0.6) is 0 Å². The smallest absolute Gasteiger partial charge is 0.410 e. The number of hydrogen-bond acceptors (Lipinski definition) is 9. The monoisotopic (exact) mass is 540 g/mol. The minimum atomic E-state index is -0.517. The summed E-state index contributed by atoms with van der Waals surface area (Å²) in [5.74, 6) is 0.777. The second-order valence-electron chi connectivity index (χ2n) is 11.3. The zero-order chi connectivity index (χ0) is 28.2. The van der Waals surface area contributed by atoms with Crippen molar-refractivity contribution in [1.82, 2.24) is 29.6 Å². The van der Waals surface area contributed by atoms with Gasteiger partial charge in [-0.2, -0.15) is 10.1 Å². The van der Waals surface area contributed by atoms with Crippen LogP contribution in [0.3, 0.4) is 0 Å². The third-order valence-corrected chi connectivity index (χ3v) is 6.88. The maximum absolute atomic E-state index is 12.6. The van der Waals surface area contributed by atoms with E-state index in [2.05, 4.69) is 33.2 Å². The van der Waals surface area contributed by atoms with Crippen LogP contribution in [0.25, 0.3) is 33.4 Å². The highest BCUT2D eigenvalue weighted by atomic mass is 16.6. The van der Waals surface area contributed by atoms with Gasteiger partial charge in [-0.05, 0) is 62.1 Å². The number of rotatable bonds is 4. The fraction of sp³-hybridized carbons (Fsp3) is 0.345. The van der Waals surface area contributed by atoms with Gasteiger partial charge in [0, 0.05) is 32.7 Å². The van der Waals surface area contributed by atoms with Gasteiger partial charge >= 0.3 is 6.09 Å². The molecule has 0 aliphatic carbocycles. The normalized spacial score (nSPS) is 13.6. The number of aromatic nitrogens is 5. The molecule has 5 aromatic rings. The molecule has 3 aromatic heterocycles. The number of ether oxygens (including phenoxy) is 1. The molecule has 11 nitrogen and oxygen atoms in total. The van der Waals surface area contributed by atoms with Crippen molar-refractivity contribution in [2.24, 2.45) is 0 Å². The van der Waals surface area contributed by atoms with E-state index in [0.29, 0.717) is 30.7 Å². The van der Waals surface area contributed by atoms with Crippen LogP contribution in [0.2, 0.25) is 0 Å². The molecule has 0 saturated carbocycles. The van der Waals surface area contributed by atoms with Gasteiger partial charge in [0.15, 0.2) is 11.2 Å². The first-order chi connectivity index (χ1) is 19.1. The molecule has 1 aliphatic rings. The van der Waals surface area contributed by atoms with E-state index in [9.17, 15) is 4.79 Å². The molecule has 4 heterocycles. The van der Waals surface area contributed by atoms with Crippen LogP contribution in [-0.2, 0) is 24.2 Å². The topological polar surface area (TPSA) is 128 Å². The van der Waals surface area contributed by atoms with E-state index in [0.717, 1.165) is 45.7 Å². The van der Waals surface area contributed by atoms with Gasteiger partial charge in [0.2, 0.25) is 0 Å². The summed E-state index contributed by atoms with van der Waals surface area (Å²) in [6.45, 7) is 7.34. The lowest BCUT2D eigenvalue weighted by Crippen LogP contribution is -2.39. The molecule has 206 valence electrons. The molecule has 1 aliphatic heterocycles. The Bertz CT molecular complexity index is 1750. The van der Waals surface area contributed by atoms with Crippen molar-refractivity contribution in [2.75, 3.05) is 31.3 Å². The average molecular weight is 541 g/mol. The number of nitrogen functional groups attached to an aromatic ring is 1. The van der Waals surface area contributed by atoms with Gasteiger partial charge in [-0.15, -0.1) is 0 Å². The summed E-state index contributed by atoms with van der Waals surface area (Å²) in [6.07, 6.45) is 2.06. The van der Waals surface area contributed by atoms with Crippen molar-refractivity contribution < 1.29 is 13.9 Å². The summed E-state index contributed by atoms with van der Waals surface area (Å²) >= 11 is 0. The van der Waals surface area contributed by atoms with E-state index >= 15 is 0 Å². The molecule has 6 rings (SSSR count). The lowest BCUT2D eigenvalue weighted by atomic mass is 9.97. The number of fused-ring (bicyclic) bond motifs is 3. The third-order valence-electron chi connectivity index (χ3n) is 6.88. The number of carbonyl (C=O) groups is 1. The molecule has 40 heavy (non-hydrogen) atoms. The summed E-state index contributed by atoms with van der Waals surface area (Å²) in [6, 6.07) is 12.2. The summed E-state index contributed by atoms with van der Waals surface area (Å²) < 4.78 is 12.9. The number of nitrogens with zero attached hydrogens (tertiary/aromatic N) is 7. The molecule has 0 radical (unpaired) electrons. The lowest BCUT2D eigenvalue weighted by molar-refractivity contribution is 0.0224. The lowest BCUT2D eigenvalue weighted by Gasteiger charge is -2.31. The number of hydrogen-bond donors (Lipinski definition) is 1. The standard InChI is InChI=1S/C29H32N8O3/c1-29(2,3)40-28(38)36-11-10-18-12-17(6-7-20(18)15-36)14-37-26-23(25(35(4)5)31-16-32-26)24(34-37)19-8-9-22-21(13-19)33-27(30)39-22/h6-9,12-13,16H,10-11,14-15H2,1-5H3,(H2,30,33). The van der Waals surface area contributed by atoms with Gasteiger partial charge in [0.1, 0.15) is 29.0 Å². The predicted molar refractivity (Wildman–Crippen MR) is 153 cm³/mol. The van der Waals surface area contributed by atoms with Crippen LogP contribution in [0, 0.1) is 0 Å². The van der Waals surface area contributed by atoms with Crippen molar-refractivity contribution in [2.45, 2.75) is 45.9 Å². The molecule has 11 heteroatoms. The van der Waals surface area contributed by atoms with E-state index < -0.39 is 5.60 Å². The van der Waals surface area contributed by atoms with Crippen LogP contribution in [-0.4, -0.2) is 62.0 Å². The minimum Gasteiger partial charge on any atom is -0.444 e. The highest BCUT2D eigenvalue weighted by Crippen LogP contribution is 2.34. The third kappa shape index (κ3) is 4.78. The first kappa shape index (κ1) is 25.6. The molecule has 1 amide bonds. The Hall–Kier alpha value is -4.67. The summed E-state index contributed by atoms with van der Waals surface area (Å²) in [5.41, 5.74) is 12.4. The Morgan fingerprint density at radius 2 is 1.95 bits per heavy atom. The van der Waals surface area contributed by atoms with E-state index in [1.54, 1.807) is 11.2 Å². The maximum Gasteiger partial charge on any atom is 0.410 e. The minimum absolute atomic E-state index is 0.126. The summed E-state index contributed by atoms with van der Waals surface area (Å²) in [4.78, 5) is 29.8. The van der Waals surface area contributed by atoms with Gasteiger partial charge in [-0.25, -0.2) is 19.4 Å². The molecular weight excluding hydrogens is 508 g/mol. The van der Waals surface area contributed by atoms with E-state index in [1.807, 2.05) is 62.6 Å². The zero-order valence-corrected chi connectivity index (χ0v) is 23.3. The van der Waals surface area contributed by atoms with Crippen LogP contribution >= 0.6 is 0 Å². The van der Waals surface area contributed by atoms with Crippen molar-refractivity contribution >= 4 is 40.1 Å². The van der Waals surface area contributed by atoms with Crippen LogP contribution < -0.4 is 10.6 Å². The van der Waals surface area contributed by atoms with Gasteiger partial charge in [-0.1, -0.05) is 18.2 Å². The largest absolute Gasteiger partial charge is 0.444 e. The van der Waals surface area contributed by atoms with Gasteiger partial charge in [0.05, 0.1) is 11.9 Å². The Kier molecular flexibility index (Phi) is 6.09. The van der Waals surface area contributed by atoms with Crippen molar-refractivity contribution in [3.8, 4) is 11.3 Å². The molecule has 0 unspecified atom stereocenters. The van der Waals surface area contributed by atoms with Crippen molar-refractivity contribution in [3.05, 3.63) is 59.4 Å². The molecule has 0 fully saturated rings. The first-order valence-corrected chi connectivity index (χ1v) is 13.2. The molecular formula is C29H32N8O3. The quantitative estimate of drug-likeness (QED) is 0.347.